The number of rotatable bonds is 2. The molecule has 0 saturated carbocycles. The molecule has 17 heavy (non-hydrogen) atoms. The Labute approximate surface area is 104 Å². The van der Waals surface area contributed by atoms with Crippen molar-refractivity contribution in [1.29, 1.82) is 0 Å². The number of nitrogens with zero attached hydrogens (tertiary/aromatic N) is 3. The van der Waals surface area contributed by atoms with Crippen molar-refractivity contribution in [2.75, 3.05) is 0 Å². The largest absolute Gasteiger partial charge is 0.212 e. The quantitative estimate of drug-likeness (QED) is 0.691. The van der Waals surface area contributed by atoms with Crippen LogP contribution in [0.25, 0.3) is 15.4 Å². The predicted molar refractivity (Wildman–Crippen MR) is 70.4 cm³/mol. The molecule has 1 aromatic carbocycles. The van der Waals surface area contributed by atoms with Gasteiger partial charge in [-0.3, -0.25) is 0 Å². The van der Waals surface area contributed by atoms with E-state index in [4.69, 9.17) is 0 Å². The second-order valence-electron chi connectivity index (χ2n) is 3.98. The van der Waals surface area contributed by atoms with Crippen molar-refractivity contribution in [1.82, 2.24) is 14.6 Å². The van der Waals surface area contributed by atoms with Gasteiger partial charge in [-0.05, 0) is 24.5 Å². The molecule has 3 aromatic rings. The Balaban J connectivity index is 2.26. The Hall–Kier alpha value is -1.68. The fourth-order valence-electron chi connectivity index (χ4n) is 2.09. The summed E-state index contributed by atoms with van der Waals surface area (Å²) in [5.41, 5.74) is 3.85. The molecule has 0 amide bonds. The minimum absolute atomic E-state index is 0.961. The number of thiazole rings is 1. The van der Waals surface area contributed by atoms with Crippen molar-refractivity contribution in [2.45, 2.75) is 20.3 Å². The summed E-state index contributed by atoms with van der Waals surface area (Å²) in [5.74, 6) is 0. The average molecular weight is 243 g/mol. The van der Waals surface area contributed by atoms with Gasteiger partial charge in [0.1, 0.15) is 6.33 Å². The van der Waals surface area contributed by atoms with E-state index >= 15 is 0 Å². The third-order valence-electron chi connectivity index (χ3n) is 3.00. The topological polar surface area (TPSA) is 30.2 Å². The molecule has 4 heteroatoms. The molecule has 0 fully saturated rings. The van der Waals surface area contributed by atoms with Gasteiger partial charge in [-0.1, -0.05) is 42.5 Å². The number of hydrogen-bond acceptors (Lipinski definition) is 3. The highest BCUT2D eigenvalue weighted by molar-refractivity contribution is 7.20. The van der Waals surface area contributed by atoms with Gasteiger partial charge in [0.15, 0.2) is 0 Å². The van der Waals surface area contributed by atoms with Gasteiger partial charge in [-0.2, -0.15) is 5.10 Å². The highest BCUT2D eigenvalue weighted by atomic mass is 32.1. The first-order valence-electron chi connectivity index (χ1n) is 5.68. The number of aryl methyl sites for hydroxylation is 2. The van der Waals surface area contributed by atoms with Gasteiger partial charge in [0.2, 0.25) is 4.96 Å². The van der Waals surface area contributed by atoms with E-state index in [1.165, 1.54) is 21.7 Å². The van der Waals surface area contributed by atoms with E-state index in [-0.39, 0.29) is 0 Å². The fraction of sp³-hybridized carbons (Fsp3) is 0.231. The lowest BCUT2D eigenvalue weighted by Gasteiger charge is -2.05. The van der Waals surface area contributed by atoms with Crippen LogP contribution in [0.1, 0.15) is 18.2 Å². The summed E-state index contributed by atoms with van der Waals surface area (Å²) in [4.78, 5) is 6.49. The van der Waals surface area contributed by atoms with Crippen molar-refractivity contribution in [3.05, 3.63) is 41.9 Å². The second kappa shape index (κ2) is 3.96. The molecule has 3 rings (SSSR count). The summed E-state index contributed by atoms with van der Waals surface area (Å²) < 4.78 is 1.91. The normalized spacial score (nSPS) is 11.2. The third kappa shape index (κ3) is 1.56. The molecule has 0 radical (unpaired) electrons. The lowest BCUT2D eigenvalue weighted by atomic mass is 10.0. The smallest absolute Gasteiger partial charge is 0.208 e. The first-order chi connectivity index (χ1) is 8.31. The number of hydrogen-bond donors (Lipinski definition) is 0. The van der Waals surface area contributed by atoms with E-state index in [1.54, 1.807) is 17.7 Å². The van der Waals surface area contributed by atoms with E-state index in [0.717, 1.165) is 11.4 Å². The Morgan fingerprint density at radius 2 is 2.12 bits per heavy atom. The van der Waals surface area contributed by atoms with E-state index < -0.39 is 0 Å². The van der Waals surface area contributed by atoms with Crippen molar-refractivity contribution in [3.8, 4) is 10.4 Å². The molecule has 0 spiro atoms. The monoisotopic (exact) mass is 243 g/mol. The van der Waals surface area contributed by atoms with E-state index in [9.17, 15) is 0 Å². The molecule has 0 aliphatic rings. The van der Waals surface area contributed by atoms with Crippen LogP contribution in [0.15, 0.2) is 30.6 Å². The zero-order valence-electron chi connectivity index (χ0n) is 9.84. The Morgan fingerprint density at radius 1 is 1.29 bits per heavy atom. The second-order valence-corrected chi connectivity index (χ2v) is 4.96. The standard InChI is InChI=1S/C13H13N3S/c1-3-10-6-4-5-7-11(10)12-9(2)16-13(17-12)14-8-15-16/h4-8H,3H2,1-2H3. The molecule has 86 valence electrons. The van der Waals surface area contributed by atoms with Gasteiger partial charge in [0.05, 0.1) is 10.6 Å². The van der Waals surface area contributed by atoms with Gasteiger partial charge >= 0.3 is 0 Å². The van der Waals surface area contributed by atoms with Crippen molar-refractivity contribution >= 4 is 16.3 Å². The molecular weight excluding hydrogens is 230 g/mol. The maximum Gasteiger partial charge on any atom is 0.212 e. The summed E-state index contributed by atoms with van der Waals surface area (Å²) >= 11 is 1.70. The number of benzene rings is 1. The van der Waals surface area contributed by atoms with Crippen LogP contribution >= 0.6 is 11.3 Å². The minimum Gasteiger partial charge on any atom is -0.208 e. The van der Waals surface area contributed by atoms with Gasteiger partial charge < -0.3 is 0 Å². The summed E-state index contributed by atoms with van der Waals surface area (Å²) in [7, 11) is 0. The van der Waals surface area contributed by atoms with Crippen LogP contribution in [0, 0.1) is 6.92 Å². The maximum atomic E-state index is 4.25. The molecule has 0 atom stereocenters. The molecule has 0 aliphatic carbocycles. The lowest BCUT2D eigenvalue weighted by molar-refractivity contribution is 0.933. The number of aromatic nitrogens is 3. The fourth-order valence-corrected chi connectivity index (χ4v) is 3.19. The van der Waals surface area contributed by atoms with Crippen LogP contribution in [-0.4, -0.2) is 14.6 Å². The Morgan fingerprint density at radius 3 is 2.88 bits per heavy atom. The summed E-state index contributed by atoms with van der Waals surface area (Å²) in [5, 5.41) is 4.24. The van der Waals surface area contributed by atoms with Crippen molar-refractivity contribution < 1.29 is 0 Å². The molecule has 0 bridgehead atoms. The molecular formula is C13H13N3S. The molecule has 3 nitrogen and oxygen atoms in total. The summed E-state index contributed by atoms with van der Waals surface area (Å²) in [6.45, 7) is 4.28. The molecule has 0 saturated heterocycles. The van der Waals surface area contributed by atoms with Gasteiger partial charge in [-0.25, -0.2) is 9.50 Å². The lowest BCUT2D eigenvalue weighted by Crippen LogP contribution is -1.90. The third-order valence-corrected chi connectivity index (χ3v) is 4.18. The van der Waals surface area contributed by atoms with Crippen LogP contribution in [0.3, 0.4) is 0 Å². The van der Waals surface area contributed by atoms with E-state index in [0.29, 0.717) is 0 Å². The maximum absolute atomic E-state index is 4.25. The van der Waals surface area contributed by atoms with E-state index in [1.807, 2.05) is 4.52 Å². The Bertz CT molecular complexity index is 666. The number of fused-ring (bicyclic) bond motifs is 1. The molecule has 2 heterocycles. The van der Waals surface area contributed by atoms with Gasteiger partial charge in [0, 0.05) is 0 Å². The van der Waals surface area contributed by atoms with Crippen LogP contribution in [0.4, 0.5) is 0 Å². The van der Waals surface area contributed by atoms with E-state index in [2.05, 4.69) is 48.2 Å². The van der Waals surface area contributed by atoms with Crippen LogP contribution in [0.5, 0.6) is 0 Å². The zero-order chi connectivity index (χ0) is 11.8. The molecule has 0 N–H and O–H groups in total. The van der Waals surface area contributed by atoms with Crippen LogP contribution < -0.4 is 0 Å². The predicted octanol–water partition coefficient (Wildman–Crippen LogP) is 3.33. The van der Waals surface area contributed by atoms with Crippen molar-refractivity contribution in [3.63, 3.8) is 0 Å². The van der Waals surface area contributed by atoms with Crippen LogP contribution in [-0.2, 0) is 6.42 Å². The highest BCUT2D eigenvalue weighted by Gasteiger charge is 2.13. The van der Waals surface area contributed by atoms with Crippen molar-refractivity contribution in [2.24, 2.45) is 0 Å². The van der Waals surface area contributed by atoms with Crippen LogP contribution in [0.2, 0.25) is 0 Å². The SMILES string of the molecule is CCc1ccccc1-c1sc2ncnn2c1C. The van der Waals surface area contributed by atoms with Gasteiger partial charge in [-0.15, -0.1) is 0 Å². The summed E-state index contributed by atoms with van der Waals surface area (Å²) in [6, 6.07) is 8.54. The molecule has 0 unspecified atom stereocenters. The minimum atomic E-state index is 0.961. The zero-order valence-corrected chi connectivity index (χ0v) is 10.7. The van der Waals surface area contributed by atoms with Gasteiger partial charge in [0.25, 0.3) is 0 Å². The first-order valence-corrected chi connectivity index (χ1v) is 6.50. The first kappa shape index (κ1) is 10.5. The summed E-state index contributed by atoms with van der Waals surface area (Å²) in [6.07, 6.45) is 2.65. The highest BCUT2D eigenvalue weighted by Crippen LogP contribution is 2.33. The average Bonchev–Trinajstić information content (AvgIpc) is 2.93. The molecule has 2 aromatic heterocycles. The molecule has 0 aliphatic heterocycles. The Kier molecular flexibility index (Phi) is 2.44.